The molecule has 0 spiro atoms. The van der Waals surface area contributed by atoms with Gasteiger partial charge in [0.15, 0.2) is 0 Å². The molecule has 18 heavy (non-hydrogen) atoms. The fraction of sp³-hybridized carbons (Fsp3) is 0.0667. The van der Waals surface area contributed by atoms with E-state index in [2.05, 4.69) is 4.98 Å². The van der Waals surface area contributed by atoms with Crippen molar-refractivity contribution in [3.8, 4) is 17.0 Å². The molecule has 90 valence electrons. The number of hydrogen-bond donors (Lipinski definition) is 1. The van der Waals surface area contributed by atoms with E-state index in [1.165, 1.54) is 12.1 Å². The van der Waals surface area contributed by atoms with E-state index in [9.17, 15) is 4.39 Å². The summed E-state index contributed by atoms with van der Waals surface area (Å²) in [7, 11) is 1.64. The molecule has 0 saturated carbocycles. The van der Waals surface area contributed by atoms with Gasteiger partial charge >= 0.3 is 0 Å². The van der Waals surface area contributed by atoms with Crippen molar-refractivity contribution < 1.29 is 9.13 Å². The molecule has 0 fully saturated rings. The minimum atomic E-state index is -0.233. The maximum Gasteiger partial charge on any atom is 0.123 e. The van der Waals surface area contributed by atoms with Gasteiger partial charge in [-0.1, -0.05) is 12.1 Å². The second kappa shape index (κ2) is 4.18. The Balaban J connectivity index is 2.13. The molecule has 0 aliphatic carbocycles. The van der Waals surface area contributed by atoms with Crippen molar-refractivity contribution in [1.82, 2.24) is 4.98 Å². The summed E-state index contributed by atoms with van der Waals surface area (Å²) in [6.45, 7) is 0. The molecule has 0 radical (unpaired) electrons. The van der Waals surface area contributed by atoms with Crippen LogP contribution in [0.3, 0.4) is 0 Å². The predicted molar refractivity (Wildman–Crippen MR) is 70.2 cm³/mol. The Morgan fingerprint density at radius 1 is 1.06 bits per heavy atom. The van der Waals surface area contributed by atoms with Crippen LogP contribution in [0.2, 0.25) is 0 Å². The van der Waals surface area contributed by atoms with E-state index < -0.39 is 0 Å². The molecule has 0 aliphatic rings. The summed E-state index contributed by atoms with van der Waals surface area (Å²) in [4.78, 5) is 3.27. The SMILES string of the molecule is COc1ccc2cc(-c3cccc(F)c3)[nH]c2c1. The van der Waals surface area contributed by atoms with Crippen LogP contribution in [-0.2, 0) is 0 Å². The Labute approximate surface area is 104 Å². The third-order valence-electron chi connectivity index (χ3n) is 2.97. The lowest BCUT2D eigenvalue weighted by Crippen LogP contribution is -1.81. The summed E-state index contributed by atoms with van der Waals surface area (Å²) in [5.74, 6) is 0.568. The van der Waals surface area contributed by atoms with Gasteiger partial charge in [-0.05, 0) is 30.3 Å². The molecule has 3 aromatic rings. The lowest BCUT2D eigenvalue weighted by Gasteiger charge is -1.98. The van der Waals surface area contributed by atoms with Crippen LogP contribution in [-0.4, -0.2) is 12.1 Å². The molecule has 1 heterocycles. The van der Waals surface area contributed by atoms with Gasteiger partial charge in [0.2, 0.25) is 0 Å². The van der Waals surface area contributed by atoms with Crippen LogP contribution in [0.1, 0.15) is 0 Å². The quantitative estimate of drug-likeness (QED) is 0.721. The first-order valence-corrected chi connectivity index (χ1v) is 5.69. The predicted octanol–water partition coefficient (Wildman–Crippen LogP) is 3.98. The van der Waals surface area contributed by atoms with E-state index >= 15 is 0 Å². The number of H-pyrrole nitrogens is 1. The largest absolute Gasteiger partial charge is 0.497 e. The van der Waals surface area contributed by atoms with Crippen molar-refractivity contribution >= 4 is 10.9 Å². The van der Waals surface area contributed by atoms with Crippen LogP contribution >= 0.6 is 0 Å². The van der Waals surface area contributed by atoms with Crippen LogP contribution in [0, 0.1) is 5.82 Å². The molecule has 0 atom stereocenters. The summed E-state index contributed by atoms with van der Waals surface area (Å²) in [5.41, 5.74) is 2.72. The summed E-state index contributed by atoms with van der Waals surface area (Å²) in [5, 5.41) is 1.08. The number of halogens is 1. The van der Waals surface area contributed by atoms with Crippen molar-refractivity contribution in [1.29, 1.82) is 0 Å². The Kier molecular flexibility index (Phi) is 2.52. The first-order chi connectivity index (χ1) is 8.76. The third kappa shape index (κ3) is 1.84. The molecule has 2 nitrogen and oxygen atoms in total. The van der Waals surface area contributed by atoms with E-state index in [1.54, 1.807) is 13.2 Å². The smallest absolute Gasteiger partial charge is 0.123 e. The van der Waals surface area contributed by atoms with Crippen molar-refractivity contribution in [2.24, 2.45) is 0 Å². The van der Waals surface area contributed by atoms with Crippen LogP contribution in [0.15, 0.2) is 48.5 Å². The van der Waals surface area contributed by atoms with Gasteiger partial charge in [-0.15, -0.1) is 0 Å². The van der Waals surface area contributed by atoms with E-state index in [0.717, 1.165) is 27.9 Å². The number of aromatic amines is 1. The summed E-state index contributed by atoms with van der Waals surface area (Å²) in [6, 6.07) is 14.4. The Bertz CT molecular complexity index is 703. The highest BCUT2D eigenvalue weighted by Crippen LogP contribution is 2.27. The van der Waals surface area contributed by atoms with Crippen LogP contribution < -0.4 is 4.74 Å². The normalized spacial score (nSPS) is 10.8. The Morgan fingerprint density at radius 3 is 2.72 bits per heavy atom. The fourth-order valence-electron chi connectivity index (χ4n) is 2.04. The molecule has 2 aromatic carbocycles. The number of benzene rings is 2. The molecule has 3 heteroatoms. The van der Waals surface area contributed by atoms with Gasteiger partial charge in [-0.2, -0.15) is 0 Å². The number of ether oxygens (including phenoxy) is 1. The topological polar surface area (TPSA) is 25.0 Å². The van der Waals surface area contributed by atoms with Crippen molar-refractivity contribution in [3.05, 3.63) is 54.3 Å². The number of hydrogen-bond acceptors (Lipinski definition) is 1. The molecule has 3 rings (SSSR count). The zero-order valence-electron chi connectivity index (χ0n) is 9.91. The lowest BCUT2D eigenvalue weighted by molar-refractivity contribution is 0.415. The zero-order chi connectivity index (χ0) is 12.5. The molecular weight excluding hydrogens is 229 g/mol. The standard InChI is InChI=1S/C15H12FNO/c1-18-13-6-5-11-8-14(17-15(11)9-13)10-3-2-4-12(16)7-10/h2-9,17H,1H3. The summed E-state index contributed by atoms with van der Waals surface area (Å²) in [6.07, 6.45) is 0. The highest BCUT2D eigenvalue weighted by molar-refractivity contribution is 5.86. The van der Waals surface area contributed by atoms with Crippen LogP contribution in [0.25, 0.3) is 22.2 Å². The minimum Gasteiger partial charge on any atom is -0.497 e. The lowest BCUT2D eigenvalue weighted by atomic mass is 10.1. The van der Waals surface area contributed by atoms with Gasteiger partial charge in [0.1, 0.15) is 11.6 Å². The number of methoxy groups -OCH3 is 1. The number of rotatable bonds is 2. The van der Waals surface area contributed by atoms with Gasteiger partial charge < -0.3 is 9.72 Å². The van der Waals surface area contributed by atoms with Gasteiger partial charge in [-0.3, -0.25) is 0 Å². The second-order valence-corrected chi connectivity index (χ2v) is 4.15. The molecule has 1 aromatic heterocycles. The van der Waals surface area contributed by atoms with Gasteiger partial charge in [-0.25, -0.2) is 4.39 Å². The molecule has 0 unspecified atom stereocenters. The fourth-order valence-corrected chi connectivity index (χ4v) is 2.04. The average Bonchev–Trinajstić information content (AvgIpc) is 2.81. The number of aromatic nitrogens is 1. The minimum absolute atomic E-state index is 0.233. The Hall–Kier alpha value is -2.29. The second-order valence-electron chi connectivity index (χ2n) is 4.15. The van der Waals surface area contributed by atoms with E-state index in [0.29, 0.717) is 0 Å². The third-order valence-corrected chi connectivity index (χ3v) is 2.97. The highest BCUT2D eigenvalue weighted by Gasteiger charge is 2.05. The molecule has 0 aliphatic heterocycles. The summed E-state index contributed by atoms with van der Waals surface area (Å²) >= 11 is 0. The van der Waals surface area contributed by atoms with E-state index in [1.807, 2.05) is 30.3 Å². The van der Waals surface area contributed by atoms with Crippen molar-refractivity contribution in [2.75, 3.05) is 7.11 Å². The molecule has 0 saturated heterocycles. The first kappa shape index (κ1) is 10.8. The number of nitrogens with one attached hydrogen (secondary N) is 1. The summed E-state index contributed by atoms with van der Waals surface area (Å²) < 4.78 is 18.4. The van der Waals surface area contributed by atoms with E-state index in [4.69, 9.17) is 4.74 Å². The average molecular weight is 241 g/mol. The first-order valence-electron chi connectivity index (χ1n) is 5.69. The van der Waals surface area contributed by atoms with Crippen LogP contribution in [0.4, 0.5) is 4.39 Å². The van der Waals surface area contributed by atoms with Gasteiger partial charge in [0.25, 0.3) is 0 Å². The monoisotopic (exact) mass is 241 g/mol. The maximum absolute atomic E-state index is 13.2. The highest BCUT2D eigenvalue weighted by atomic mass is 19.1. The maximum atomic E-state index is 13.2. The zero-order valence-corrected chi connectivity index (χ0v) is 9.91. The molecule has 0 bridgehead atoms. The van der Waals surface area contributed by atoms with E-state index in [-0.39, 0.29) is 5.82 Å². The van der Waals surface area contributed by atoms with Crippen molar-refractivity contribution in [3.63, 3.8) is 0 Å². The van der Waals surface area contributed by atoms with Gasteiger partial charge in [0.05, 0.1) is 7.11 Å². The Morgan fingerprint density at radius 2 is 1.94 bits per heavy atom. The molecular formula is C15H12FNO. The van der Waals surface area contributed by atoms with Gasteiger partial charge in [0, 0.05) is 28.2 Å². The van der Waals surface area contributed by atoms with Crippen molar-refractivity contribution in [2.45, 2.75) is 0 Å². The number of fused-ring (bicyclic) bond motifs is 1. The van der Waals surface area contributed by atoms with Crippen LogP contribution in [0.5, 0.6) is 5.75 Å². The molecule has 0 amide bonds. The molecule has 1 N–H and O–H groups in total.